The summed E-state index contributed by atoms with van der Waals surface area (Å²) >= 11 is 0. The molecule has 0 aromatic heterocycles. The lowest BCUT2D eigenvalue weighted by Gasteiger charge is -2.31. The average molecular weight is 595 g/mol. The highest BCUT2D eigenvalue weighted by atomic mass is 19.4. The maximum atomic E-state index is 15.2. The first kappa shape index (κ1) is 32.1. The molecule has 9 heteroatoms. The molecule has 0 heterocycles. The Bertz CT molecular complexity index is 1480. The van der Waals surface area contributed by atoms with Crippen LogP contribution in [0.1, 0.15) is 62.6 Å². The molecule has 5 N–H and O–H groups in total. The Morgan fingerprint density at radius 2 is 1.77 bits per heavy atom. The molecule has 1 aliphatic rings. The molecule has 2 atom stereocenters. The van der Waals surface area contributed by atoms with Gasteiger partial charge in [-0.15, -0.1) is 0 Å². The lowest BCUT2D eigenvalue weighted by atomic mass is 9.79. The molecule has 2 unspecified atom stereocenters. The molecule has 3 aromatic carbocycles. The van der Waals surface area contributed by atoms with Crippen LogP contribution in [0.4, 0.5) is 28.9 Å². The van der Waals surface area contributed by atoms with Crippen molar-refractivity contribution in [3.63, 3.8) is 0 Å². The van der Waals surface area contributed by atoms with Gasteiger partial charge in [-0.1, -0.05) is 75.2 Å². The van der Waals surface area contributed by atoms with E-state index in [0.717, 1.165) is 30.9 Å². The maximum Gasteiger partial charge on any atom is 0.413 e. The van der Waals surface area contributed by atoms with E-state index >= 15 is 4.39 Å². The van der Waals surface area contributed by atoms with Crippen molar-refractivity contribution in [2.24, 2.45) is 28.3 Å². The summed E-state index contributed by atoms with van der Waals surface area (Å²) in [5.74, 6) is -2.03. The van der Waals surface area contributed by atoms with E-state index in [2.05, 4.69) is 10.3 Å². The normalized spacial score (nSPS) is 16.5. The Morgan fingerprint density at radius 1 is 1.05 bits per heavy atom. The first-order valence-corrected chi connectivity index (χ1v) is 14.6. The summed E-state index contributed by atoms with van der Waals surface area (Å²) in [5.41, 5.74) is 12.5. The van der Waals surface area contributed by atoms with Crippen LogP contribution in [0.5, 0.6) is 0 Å². The molecule has 4 rings (SSSR count). The topological polar surface area (TPSA) is 93.5 Å². The number of anilines is 1. The summed E-state index contributed by atoms with van der Waals surface area (Å²) < 4.78 is 57.4. The van der Waals surface area contributed by atoms with E-state index < -0.39 is 40.6 Å². The third kappa shape index (κ3) is 8.18. The third-order valence-corrected chi connectivity index (χ3v) is 8.05. The summed E-state index contributed by atoms with van der Waals surface area (Å²) in [5, 5.41) is 2.48. The standard InChI is InChI=1S/C34H38F4N4O/c1-3-22(2)28(34(36,37)38)20-31(41-27-11-7-8-24(18-27)21-39)32(43)42-30-19-26(14-15-29(30)35)33(40,17-16-23-12-13-23)25-9-5-4-6-10-25/h4-11,14-15,18-20,22-23H,3,12-13,16-17,21,39-40H2,1-2H3,(H,42,43)/b28-20+,41-31?. The molecule has 0 bridgehead atoms. The van der Waals surface area contributed by atoms with Crippen molar-refractivity contribution >= 4 is 23.0 Å². The van der Waals surface area contributed by atoms with E-state index in [0.29, 0.717) is 23.5 Å². The quantitative estimate of drug-likeness (QED) is 0.147. The largest absolute Gasteiger partial charge is 0.413 e. The Labute approximate surface area is 250 Å². The second-order valence-electron chi connectivity index (χ2n) is 11.2. The minimum absolute atomic E-state index is 0.183. The molecule has 228 valence electrons. The van der Waals surface area contributed by atoms with Crippen molar-refractivity contribution in [3.8, 4) is 0 Å². The molecule has 1 aliphatic carbocycles. The molecule has 1 amide bonds. The van der Waals surface area contributed by atoms with Gasteiger partial charge < -0.3 is 16.8 Å². The van der Waals surface area contributed by atoms with Gasteiger partial charge in [-0.2, -0.15) is 13.2 Å². The number of benzene rings is 3. The van der Waals surface area contributed by atoms with Gasteiger partial charge in [-0.25, -0.2) is 9.38 Å². The number of allylic oxidation sites excluding steroid dienone is 1. The van der Waals surface area contributed by atoms with Gasteiger partial charge in [-0.3, -0.25) is 4.79 Å². The van der Waals surface area contributed by atoms with Gasteiger partial charge in [0.15, 0.2) is 0 Å². The fourth-order valence-corrected chi connectivity index (χ4v) is 5.03. The number of nitrogens with zero attached hydrogens (tertiary/aromatic N) is 1. The van der Waals surface area contributed by atoms with Crippen LogP contribution in [0.2, 0.25) is 0 Å². The van der Waals surface area contributed by atoms with Gasteiger partial charge in [0, 0.05) is 12.1 Å². The molecular weight excluding hydrogens is 556 g/mol. The lowest BCUT2D eigenvalue weighted by Crippen LogP contribution is -2.38. The van der Waals surface area contributed by atoms with Crippen molar-refractivity contribution in [2.45, 2.75) is 64.2 Å². The van der Waals surface area contributed by atoms with Crippen LogP contribution in [-0.4, -0.2) is 17.8 Å². The van der Waals surface area contributed by atoms with Crippen LogP contribution in [0, 0.1) is 17.7 Å². The van der Waals surface area contributed by atoms with Gasteiger partial charge in [0.2, 0.25) is 0 Å². The maximum absolute atomic E-state index is 15.2. The Balaban J connectivity index is 1.75. The molecule has 0 radical (unpaired) electrons. The highest BCUT2D eigenvalue weighted by Crippen LogP contribution is 2.40. The molecule has 0 aliphatic heterocycles. The number of carbonyl (C=O) groups excluding carboxylic acids is 1. The summed E-state index contributed by atoms with van der Waals surface area (Å²) in [7, 11) is 0. The second kappa shape index (κ2) is 13.7. The highest BCUT2D eigenvalue weighted by Gasteiger charge is 2.37. The number of nitrogens with two attached hydrogens (primary N) is 2. The molecule has 0 saturated heterocycles. The molecule has 1 fully saturated rings. The van der Waals surface area contributed by atoms with Gasteiger partial charge in [-0.05, 0) is 78.1 Å². The third-order valence-electron chi connectivity index (χ3n) is 8.05. The molecular formula is C34H38F4N4O. The fraction of sp³-hybridized carbons (Fsp3) is 0.353. The number of carbonyl (C=O) groups is 1. The number of rotatable bonds is 12. The van der Waals surface area contributed by atoms with E-state index in [9.17, 15) is 18.0 Å². The van der Waals surface area contributed by atoms with Crippen molar-refractivity contribution in [1.82, 2.24) is 0 Å². The van der Waals surface area contributed by atoms with Crippen LogP contribution in [-0.2, 0) is 16.9 Å². The van der Waals surface area contributed by atoms with Gasteiger partial charge in [0.05, 0.1) is 16.9 Å². The summed E-state index contributed by atoms with van der Waals surface area (Å²) in [6.07, 6.45) is 0.0377. The van der Waals surface area contributed by atoms with Crippen LogP contribution < -0.4 is 16.8 Å². The SMILES string of the molecule is CCC(C)/C(=C\C(=Nc1cccc(CN)c1)C(=O)Nc1cc(C(N)(CCC2CC2)c2ccccc2)ccc1F)C(F)(F)F. The van der Waals surface area contributed by atoms with Crippen molar-refractivity contribution in [1.29, 1.82) is 0 Å². The van der Waals surface area contributed by atoms with Gasteiger partial charge >= 0.3 is 6.18 Å². The van der Waals surface area contributed by atoms with Crippen molar-refractivity contribution < 1.29 is 22.4 Å². The number of alkyl halides is 3. The van der Waals surface area contributed by atoms with Crippen molar-refractivity contribution in [2.75, 3.05) is 5.32 Å². The van der Waals surface area contributed by atoms with Crippen LogP contribution >= 0.6 is 0 Å². The van der Waals surface area contributed by atoms with E-state index in [1.165, 1.54) is 19.1 Å². The minimum atomic E-state index is -4.70. The number of amides is 1. The zero-order valence-electron chi connectivity index (χ0n) is 24.4. The zero-order chi connectivity index (χ0) is 31.2. The molecule has 43 heavy (non-hydrogen) atoms. The number of hydrogen-bond donors (Lipinski definition) is 3. The minimum Gasteiger partial charge on any atom is -0.326 e. The van der Waals surface area contributed by atoms with Gasteiger partial charge in [0.25, 0.3) is 5.91 Å². The molecule has 5 nitrogen and oxygen atoms in total. The number of aliphatic imine (C=N–C) groups is 1. The van der Waals surface area contributed by atoms with E-state index in [-0.39, 0.29) is 24.3 Å². The summed E-state index contributed by atoms with van der Waals surface area (Å²) in [4.78, 5) is 17.8. The highest BCUT2D eigenvalue weighted by molar-refractivity contribution is 6.47. The molecule has 1 saturated carbocycles. The number of hydrogen-bond acceptors (Lipinski definition) is 4. The average Bonchev–Trinajstić information content (AvgIpc) is 3.83. The summed E-state index contributed by atoms with van der Waals surface area (Å²) in [6, 6.07) is 20.2. The zero-order valence-corrected chi connectivity index (χ0v) is 24.4. The Kier molecular flexibility index (Phi) is 10.2. The first-order valence-electron chi connectivity index (χ1n) is 14.6. The Morgan fingerprint density at radius 3 is 2.40 bits per heavy atom. The molecule has 0 spiro atoms. The smallest absolute Gasteiger partial charge is 0.326 e. The van der Waals surface area contributed by atoms with E-state index in [4.69, 9.17) is 11.5 Å². The van der Waals surface area contributed by atoms with Crippen LogP contribution in [0.3, 0.4) is 0 Å². The van der Waals surface area contributed by atoms with E-state index in [1.807, 2.05) is 30.3 Å². The van der Waals surface area contributed by atoms with E-state index in [1.54, 1.807) is 37.3 Å². The summed E-state index contributed by atoms with van der Waals surface area (Å²) in [6.45, 7) is 3.24. The lowest BCUT2D eigenvalue weighted by molar-refractivity contribution is -0.110. The van der Waals surface area contributed by atoms with Gasteiger partial charge in [0.1, 0.15) is 11.5 Å². The van der Waals surface area contributed by atoms with Crippen LogP contribution in [0.25, 0.3) is 0 Å². The number of nitrogens with one attached hydrogen (secondary N) is 1. The Hall–Kier alpha value is -3.82. The monoisotopic (exact) mass is 594 g/mol. The number of halogens is 4. The predicted octanol–water partition coefficient (Wildman–Crippen LogP) is 7.92. The second-order valence-corrected chi connectivity index (χ2v) is 11.2. The molecule has 3 aromatic rings. The predicted molar refractivity (Wildman–Crippen MR) is 163 cm³/mol. The van der Waals surface area contributed by atoms with Crippen molar-refractivity contribution in [3.05, 3.63) is 107 Å². The fourth-order valence-electron chi connectivity index (χ4n) is 5.03. The van der Waals surface area contributed by atoms with Crippen LogP contribution in [0.15, 0.2) is 89.4 Å². The first-order chi connectivity index (χ1) is 20.4.